The van der Waals surface area contributed by atoms with E-state index in [1.165, 1.54) is 11.3 Å². The predicted octanol–water partition coefficient (Wildman–Crippen LogP) is 4.68. The second-order valence-corrected chi connectivity index (χ2v) is 7.27. The van der Waals surface area contributed by atoms with Gasteiger partial charge in [-0.2, -0.15) is 4.98 Å². The molecule has 0 aliphatic carbocycles. The second-order valence-electron chi connectivity index (χ2n) is 6.32. The van der Waals surface area contributed by atoms with Crippen LogP contribution >= 0.6 is 11.3 Å². The van der Waals surface area contributed by atoms with E-state index in [0.717, 1.165) is 16.0 Å². The zero-order valence-electron chi connectivity index (χ0n) is 15.2. The summed E-state index contributed by atoms with van der Waals surface area (Å²) in [7, 11) is 0. The van der Waals surface area contributed by atoms with Crippen LogP contribution in [0.5, 0.6) is 0 Å². The minimum Gasteiger partial charge on any atom is -0.339 e. The van der Waals surface area contributed by atoms with Gasteiger partial charge in [-0.15, -0.1) is 11.3 Å². The van der Waals surface area contributed by atoms with Crippen molar-refractivity contribution in [1.29, 1.82) is 0 Å². The highest BCUT2D eigenvalue weighted by atomic mass is 32.1. The number of hydrogen-bond donors (Lipinski definition) is 0. The molecule has 0 bridgehead atoms. The molecule has 0 aliphatic rings. The van der Waals surface area contributed by atoms with Crippen LogP contribution in [0.15, 0.2) is 82.7 Å². The molecule has 2 aromatic carbocycles. The Morgan fingerprint density at radius 1 is 0.964 bits per heavy atom. The molecule has 0 saturated carbocycles. The molecule has 140 valence electrons. The normalized spacial score (nSPS) is 10.7. The fourth-order valence-electron chi connectivity index (χ4n) is 2.90. The van der Waals surface area contributed by atoms with Gasteiger partial charge in [0.05, 0.1) is 4.88 Å². The quantitative estimate of drug-likeness (QED) is 0.460. The molecule has 0 unspecified atom stereocenters. The SMILES string of the molecule is O=C(c1cccs1)N(CCc1nc(-c2ccccc2)no1)Cc1ccccc1. The topological polar surface area (TPSA) is 59.2 Å². The molecule has 0 radical (unpaired) electrons. The van der Waals surface area contributed by atoms with Gasteiger partial charge in [0.25, 0.3) is 5.91 Å². The van der Waals surface area contributed by atoms with Gasteiger partial charge in [0, 0.05) is 25.1 Å². The molecule has 0 fully saturated rings. The number of carbonyl (C=O) groups is 1. The third-order valence-corrected chi connectivity index (χ3v) is 5.19. The molecule has 0 atom stereocenters. The highest BCUT2D eigenvalue weighted by molar-refractivity contribution is 7.12. The van der Waals surface area contributed by atoms with E-state index in [9.17, 15) is 4.79 Å². The van der Waals surface area contributed by atoms with Crippen molar-refractivity contribution >= 4 is 17.2 Å². The molecule has 2 aromatic heterocycles. The number of amides is 1. The number of thiophene rings is 1. The van der Waals surface area contributed by atoms with Gasteiger partial charge in [-0.25, -0.2) is 0 Å². The summed E-state index contributed by atoms with van der Waals surface area (Å²) < 4.78 is 5.39. The monoisotopic (exact) mass is 389 g/mol. The van der Waals surface area contributed by atoms with E-state index in [4.69, 9.17) is 4.52 Å². The second kappa shape index (κ2) is 8.63. The van der Waals surface area contributed by atoms with Gasteiger partial charge in [-0.1, -0.05) is 71.9 Å². The first-order valence-electron chi connectivity index (χ1n) is 9.04. The minimum atomic E-state index is 0.0154. The maximum Gasteiger partial charge on any atom is 0.264 e. The van der Waals surface area contributed by atoms with Gasteiger partial charge < -0.3 is 9.42 Å². The predicted molar refractivity (Wildman–Crippen MR) is 109 cm³/mol. The molecule has 0 aliphatic heterocycles. The lowest BCUT2D eigenvalue weighted by atomic mass is 10.2. The molecule has 2 heterocycles. The molecule has 0 spiro atoms. The first-order valence-corrected chi connectivity index (χ1v) is 9.92. The minimum absolute atomic E-state index is 0.0154. The average molecular weight is 389 g/mol. The van der Waals surface area contributed by atoms with Gasteiger partial charge in [0.1, 0.15) is 0 Å². The molecular weight excluding hydrogens is 370 g/mol. The van der Waals surface area contributed by atoms with E-state index < -0.39 is 0 Å². The van der Waals surface area contributed by atoms with Crippen LogP contribution in [0.1, 0.15) is 21.1 Å². The highest BCUT2D eigenvalue weighted by Gasteiger charge is 2.18. The Hall–Kier alpha value is -3.25. The summed E-state index contributed by atoms with van der Waals surface area (Å²) in [6, 6.07) is 23.4. The number of aromatic nitrogens is 2. The van der Waals surface area contributed by atoms with E-state index >= 15 is 0 Å². The molecule has 1 amide bonds. The zero-order chi connectivity index (χ0) is 19.2. The van der Waals surface area contributed by atoms with Crippen molar-refractivity contribution in [2.75, 3.05) is 6.54 Å². The Morgan fingerprint density at radius 3 is 2.43 bits per heavy atom. The first-order chi connectivity index (χ1) is 13.8. The average Bonchev–Trinajstić information content (AvgIpc) is 3.44. The van der Waals surface area contributed by atoms with Crippen LogP contribution in [0.3, 0.4) is 0 Å². The Kier molecular flexibility index (Phi) is 5.58. The Morgan fingerprint density at radius 2 is 1.71 bits per heavy atom. The summed E-state index contributed by atoms with van der Waals surface area (Å²) in [5.74, 6) is 1.10. The van der Waals surface area contributed by atoms with Gasteiger partial charge >= 0.3 is 0 Å². The molecule has 28 heavy (non-hydrogen) atoms. The van der Waals surface area contributed by atoms with Crippen LogP contribution in [0, 0.1) is 0 Å². The molecule has 4 rings (SSSR count). The Labute approximate surface area is 167 Å². The summed E-state index contributed by atoms with van der Waals surface area (Å²) in [5.41, 5.74) is 2.00. The van der Waals surface area contributed by atoms with Crippen LogP contribution in [0.2, 0.25) is 0 Å². The summed E-state index contributed by atoms with van der Waals surface area (Å²) in [4.78, 5) is 20.0. The smallest absolute Gasteiger partial charge is 0.264 e. The first kappa shape index (κ1) is 18.1. The van der Waals surface area contributed by atoms with Crippen LogP contribution in [0.25, 0.3) is 11.4 Å². The highest BCUT2D eigenvalue weighted by Crippen LogP contribution is 2.17. The van der Waals surface area contributed by atoms with Crippen molar-refractivity contribution in [3.8, 4) is 11.4 Å². The largest absolute Gasteiger partial charge is 0.339 e. The van der Waals surface area contributed by atoms with Crippen molar-refractivity contribution in [3.63, 3.8) is 0 Å². The summed E-state index contributed by atoms with van der Waals surface area (Å²) in [5, 5.41) is 5.97. The molecule has 6 heteroatoms. The van der Waals surface area contributed by atoms with E-state index in [1.54, 1.807) is 0 Å². The fourth-order valence-corrected chi connectivity index (χ4v) is 3.59. The lowest BCUT2D eigenvalue weighted by Crippen LogP contribution is -2.32. The number of carbonyl (C=O) groups excluding carboxylic acids is 1. The van der Waals surface area contributed by atoms with Crippen LogP contribution in [-0.2, 0) is 13.0 Å². The Balaban J connectivity index is 1.48. The van der Waals surface area contributed by atoms with Crippen molar-refractivity contribution < 1.29 is 9.32 Å². The number of rotatable bonds is 7. The molecule has 4 aromatic rings. The standard InChI is InChI=1S/C22H19N3O2S/c26-22(19-12-7-15-28-19)25(16-17-8-3-1-4-9-17)14-13-20-23-21(24-27-20)18-10-5-2-6-11-18/h1-12,15H,13-14,16H2. The fraction of sp³-hybridized carbons (Fsp3) is 0.136. The third kappa shape index (κ3) is 4.35. The van der Waals surface area contributed by atoms with Gasteiger partial charge in [0.2, 0.25) is 11.7 Å². The van der Waals surface area contributed by atoms with Crippen molar-refractivity contribution in [3.05, 3.63) is 94.5 Å². The maximum atomic E-state index is 12.9. The lowest BCUT2D eigenvalue weighted by molar-refractivity contribution is 0.0746. The van der Waals surface area contributed by atoms with Crippen LogP contribution in [-0.4, -0.2) is 27.5 Å². The number of benzene rings is 2. The van der Waals surface area contributed by atoms with Crippen LogP contribution < -0.4 is 0 Å². The van der Waals surface area contributed by atoms with Gasteiger partial charge in [-0.05, 0) is 17.0 Å². The van der Waals surface area contributed by atoms with Crippen LogP contribution in [0.4, 0.5) is 0 Å². The zero-order valence-corrected chi connectivity index (χ0v) is 16.0. The third-order valence-electron chi connectivity index (χ3n) is 4.33. The molecule has 5 nitrogen and oxygen atoms in total. The summed E-state index contributed by atoms with van der Waals surface area (Å²) in [6.07, 6.45) is 0.504. The van der Waals surface area contributed by atoms with E-state index in [1.807, 2.05) is 83.1 Å². The van der Waals surface area contributed by atoms with Gasteiger partial charge in [0.15, 0.2) is 0 Å². The van der Waals surface area contributed by atoms with Gasteiger partial charge in [-0.3, -0.25) is 4.79 Å². The van der Waals surface area contributed by atoms with E-state index in [0.29, 0.717) is 31.2 Å². The maximum absolute atomic E-state index is 12.9. The van der Waals surface area contributed by atoms with Crippen molar-refractivity contribution in [1.82, 2.24) is 15.0 Å². The molecular formula is C22H19N3O2S. The lowest BCUT2D eigenvalue weighted by Gasteiger charge is -2.21. The molecule has 0 N–H and O–H groups in total. The van der Waals surface area contributed by atoms with E-state index in [2.05, 4.69) is 10.1 Å². The number of hydrogen-bond acceptors (Lipinski definition) is 5. The molecule has 0 saturated heterocycles. The summed E-state index contributed by atoms with van der Waals surface area (Å²) >= 11 is 1.45. The van der Waals surface area contributed by atoms with Crippen molar-refractivity contribution in [2.45, 2.75) is 13.0 Å². The van der Waals surface area contributed by atoms with Crippen molar-refractivity contribution in [2.24, 2.45) is 0 Å². The van der Waals surface area contributed by atoms with E-state index in [-0.39, 0.29) is 5.91 Å². The summed E-state index contributed by atoms with van der Waals surface area (Å²) in [6.45, 7) is 1.04. The Bertz CT molecular complexity index is 1010. The number of nitrogens with zero attached hydrogens (tertiary/aromatic N) is 3.